The number of ether oxygens (including phenoxy) is 2. The topological polar surface area (TPSA) is 79.9 Å². The molecular weight excluding hydrogens is 346 g/mol. The molecule has 1 unspecified atom stereocenters. The average Bonchev–Trinajstić information content (AvgIpc) is 3.06. The third-order valence-electron chi connectivity index (χ3n) is 4.03. The van der Waals surface area contributed by atoms with Crippen LogP contribution in [-0.2, 0) is 4.79 Å². The van der Waals surface area contributed by atoms with E-state index in [9.17, 15) is 9.59 Å². The SMILES string of the molecule is COc1cc(NC(=O)CC2CCCN2)c(C(=O)N(C)C)cc1OC.Cl. The Bertz CT molecular complexity index is 616. The van der Waals surface area contributed by atoms with Gasteiger partial charge in [-0.15, -0.1) is 12.4 Å². The maximum absolute atomic E-state index is 12.4. The zero-order chi connectivity index (χ0) is 17.7. The third-order valence-corrected chi connectivity index (χ3v) is 4.03. The number of carbonyl (C=O) groups is 2. The van der Waals surface area contributed by atoms with E-state index in [-0.39, 0.29) is 30.3 Å². The smallest absolute Gasteiger partial charge is 0.255 e. The Labute approximate surface area is 154 Å². The van der Waals surface area contributed by atoms with Crippen LogP contribution in [0.25, 0.3) is 0 Å². The number of nitrogens with one attached hydrogen (secondary N) is 2. The molecule has 1 atom stereocenters. The van der Waals surface area contributed by atoms with Gasteiger partial charge >= 0.3 is 0 Å². The van der Waals surface area contributed by atoms with Crippen molar-refractivity contribution in [3.63, 3.8) is 0 Å². The monoisotopic (exact) mass is 371 g/mol. The molecule has 1 aromatic carbocycles. The molecule has 2 amide bonds. The molecule has 2 rings (SSSR count). The van der Waals surface area contributed by atoms with Crippen LogP contribution in [0.5, 0.6) is 11.5 Å². The second-order valence-corrected chi connectivity index (χ2v) is 6.00. The van der Waals surface area contributed by atoms with Crippen LogP contribution >= 0.6 is 12.4 Å². The molecule has 0 aliphatic carbocycles. The summed E-state index contributed by atoms with van der Waals surface area (Å²) < 4.78 is 10.5. The first-order chi connectivity index (χ1) is 11.5. The number of hydrogen-bond acceptors (Lipinski definition) is 5. The lowest BCUT2D eigenvalue weighted by Gasteiger charge is -2.18. The highest BCUT2D eigenvalue weighted by Gasteiger charge is 2.22. The summed E-state index contributed by atoms with van der Waals surface area (Å²) in [4.78, 5) is 26.2. The molecule has 1 aliphatic rings. The second kappa shape index (κ2) is 9.48. The predicted molar refractivity (Wildman–Crippen MR) is 99.1 cm³/mol. The summed E-state index contributed by atoms with van der Waals surface area (Å²) in [6, 6.07) is 3.40. The highest BCUT2D eigenvalue weighted by Crippen LogP contribution is 2.34. The lowest BCUT2D eigenvalue weighted by atomic mass is 10.1. The lowest BCUT2D eigenvalue weighted by molar-refractivity contribution is -0.116. The Morgan fingerprint density at radius 3 is 2.40 bits per heavy atom. The number of carbonyl (C=O) groups excluding carboxylic acids is 2. The normalized spacial score (nSPS) is 15.9. The van der Waals surface area contributed by atoms with Gasteiger partial charge in [0, 0.05) is 32.6 Å². The molecule has 2 N–H and O–H groups in total. The van der Waals surface area contributed by atoms with E-state index in [1.54, 1.807) is 26.2 Å². The number of halogens is 1. The Morgan fingerprint density at radius 2 is 1.88 bits per heavy atom. The fourth-order valence-electron chi connectivity index (χ4n) is 2.76. The number of methoxy groups -OCH3 is 2. The van der Waals surface area contributed by atoms with Crippen molar-refractivity contribution in [2.24, 2.45) is 0 Å². The van der Waals surface area contributed by atoms with Gasteiger partial charge in [-0.2, -0.15) is 0 Å². The van der Waals surface area contributed by atoms with Crippen molar-refractivity contribution in [3.05, 3.63) is 17.7 Å². The fraction of sp³-hybridized carbons (Fsp3) is 0.529. The summed E-state index contributed by atoms with van der Waals surface area (Å²) >= 11 is 0. The molecule has 0 saturated carbocycles. The van der Waals surface area contributed by atoms with Gasteiger partial charge in [-0.05, 0) is 25.5 Å². The summed E-state index contributed by atoms with van der Waals surface area (Å²) in [6.07, 6.45) is 2.45. The zero-order valence-electron chi connectivity index (χ0n) is 15.0. The summed E-state index contributed by atoms with van der Waals surface area (Å²) in [6.45, 7) is 0.943. The molecule has 1 heterocycles. The number of hydrogen-bond donors (Lipinski definition) is 2. The van der Waals surface area contributed by atoms with Crippen molar-refractivity contribution >= 4 is 29.9 Å². The number of amides is 2. The van der Waals surface area contributed by atoms with Crippen molar-refractivity contribution in [1.82, 2.24) is 10.2 Å². The quantitative estimate of drug-likeness (QED) is 0.798. The van der Waals surface area contributed by atoms with Crippen LogP contribution in [-0.4, -0.2) is 57.6 Å². The highest BCUT2D eigenvalue weighted by atomic mass is 35.5. The number of nitrogens with zero attached hydrogens (tertiary/aromatic N) is 1. The minimum atomic E-state index is -0.217. The molecule has 7 nitrogen and oxygen atoms in total. The van der Waals surface area contributed by atoms with E-state index in [0.717, 1.165) is 19.4 Å². The molecule has 1 aromatic rings. The number of rotatable bonds is 6. The van der Waals surface area contributed by atoms with Gasteiger partial charge in [0.15, 0.2) is 11.5 Å². The van der Waals surface area contributed by atoms with E-state index in [1.807, 2.05) is 0 Å². The Hall–Kier alpha value is -1.99. The molecule has 0 aromatic heterocycles. The molecule has 1 saturated heterocycles. The maximum Gasteiger partial charge on any atom is 0.255 e. The lowest BCUT2D eigenvalue weighted by Crippen LogP contribution is -2.29. The van der Waals surface area contributed by atoms with E-state index >= 15 is 0 Å². The summed E-state index contributed by atoms with van der Waals surface area (Å²) in [7, 11) is 6.34. The van der Waals surface area contributed by atoms with Gasteiger partial charge < -0.3 is 25.0 Å². The van der Waals surface area contributed by atoms with Gasteiger partial charge in [-0.3, -0.25) is 9.59 Å². The van der Waals surface area contributed by atoms with E-state index in [1.165, 1.54) is 19.1 Å². The minimum Gasteiger partial charge on any atom is -0.493 e. The first-order valence-electron chi connectivity index (χ1n) is 7.97. The van der Waals surface area contributed by atoms with Crippen LogP contribution in [0.2, 0.25) is 0 Å². The average molecular weight is 372 g/mol. The molecule has 1 aliphatic heterocycles. The Morgan fingerprint density at radius 1 is 1.24 bits per heavy atom. The minimum absolute atomic E-state index is 0. The molecule has 25 heavy (non-hydrogen) atoms. The highest BCUT2D eigenvalue weighted by molar-refractivity contribution is 6.04. The third kappa shape index (κ3) is 5.24. The summed E-state index contributed by atoms with van der Waals surface area (Å²) in [5.41, 5.74) is 0.791. The predicted octanol–water partition coefficient (Wildman–Crippen LogP) is 1.91. The van der Waals surface area contributed by atoms with Crippen LogP contribution in [0.3, 0.4) is 0 Å². The van der Waals surface area contributed by atoms with E-state index in [2.05, 4.69) is 10.6 Å². The molecule has 1 fully saturated rings. The van der Waals surface area contributed by atoms with E-state index < -0.39 is 0 Å². The number of benzene rings is 1. The standard InChI is InChI=1S/C17H25N3O4.ClH/c1-20(2)17(22)12-9-14(23-3)15(24-4)10-13(12)19-16(21)8-11-6-5-7-18-11;/h9-11,18H,5-8H2,1-4H3,(H,19,21);1H. The Kier molecular flexibility index (Phi) is 7.99. The zero-order valence-corrected chi connectivity index (χ0v) is 15.9. The first kappa shape index (κ1) is 21.1. The van der Waals surface area contributed by atoms with Crippen molar-refractivity contribution in [1.29, 1.82) is 0 Å². The van der Waals surface area contributed by atoms with Gasteiger partial charge in [-0.25, -0.2) is 0 Å². The molecule has 0 radical (unpaired) electrons. The van der Waals surface area contributed by atoms with Crippen LogP contribution in [0.4, 0.5) is 5.69 Å². The van der Waals surface area contributed by atoms with Gasteiger partial charge in [0.1, 0.15) is 0 Å². The van der Waals surface area contributed by atoms with Crippen LogP contribution < -0.4 is 20.1 Å². The van der Waals surface area contributed by atoms with Crippen molar-refractivity contribution in [2.45, 2.75) is 25.3 Å². The van der Waals surface area contributed by atoms with Gasteiger partial charge in [-0.1, -0.05) is 0 Å². The van der Waals surface area contributed by atoms with Gasteiger partial charge in [0.2, 0.25) is 5.91 Å². The molecule has 0 spiro atoms. The van der Waals surface area contributed by atoms with E-state index in [0.29, 0.717) is 29.2 Å². The summed E-state index contributed by atoms with van der Waals surface area (Å²) in [5, 5.41) is 6.13. The molecule has 140 valence electrons. The summed E-state index contributed by atoms with van der Waals surface area (Å²) in [5.74, 6) is 0.555. The molecular formula is C17H26ClN3O4. The van der Waals surface area contributed by atoms with Crippen LogP contribution in [0.15, 0.2) is 12.1 Å². The fourth-order valence-corrected chi connectivity index (χ4v) is 2.76. The first-order valence-corrected chi connectivity index (χ1v) is 7.97. The van der Waals surface area contributed by atoms with Crippen LogP contribution in [0, 0.1) is 0 Å². The molecule has 0 bridgehead atoms. The number of anilines is 1. The second-order valence-electron chi connectivity index (χ2n) is 6.00. The Balaban J connectivity index is 0.00000312. The van der Waals surface area contributed by atoms with Crippen molar-refractivity contribution in [2.75, 3.05) is 40.2 Å². The van der Waals surface area contributed by atoms with Crippen LogP contribution in [0.1, 0.15) is 29.6 Å². The molecule has 8 heteroatoms. The maximum atomic E-state index is 12.4. The van der Waals surface area contributed by atoms with E-state index in [4.69, 9.17) is 9.47 Å². The van der Waals surface area contributed by atoms with Crippen molar-refractivity contribution in [3.8, 4) is 11.5 Å². The van der Waals surface area contributed by atoms with Gasteiger partial charge in [0.05, 0.1) is 25.5 Å². The largest absolute Gasteiger partial charge is 0.493 e. The van der Waals surface area contributed by atoms with Gasteiger partial charge in [0.25, 0.3) is 5.91 Å². The van der Waals surface area contributed by atoms with Crippen molar-refractivity contribution < 1.29 is 19.1 Å².